The molecule has 5 heteroatoms. The Morgan fingerprint density at radius 2 is 1.68 bits per heavy atom. The van der Waals surface area contributed by atoms with Crippen LogP contribution in [0.3, 0.4) is 0 Å². The lowest BCUT2D eigenvalue weighted by Gasteiger charge is -2.24. The lowest BCUT2D eigenvalue weighted by Crippen LogP contribution is -2.18. The summed E-state index contributed by atoms with van der Waals surface area (Å²) in [7, 11) is -3.17. The van der Waals surface area contributed by atoms with E-state index in [-0.39, 0.29) is 6.04 Å². The van der Waals surface area contributed by atoms with Crippen molar-refractivity contribution in [1.82, 2.24) is 0 Å². The van der Waals surface area contributed by atoms with Gasteiger partial charge in [0.05, 0.1) is 16.6 Å². The van der Waals surface area contributed by atoms with Crippen LogP contribution in [0.1, 0.15) is 23.6 Å². The van der Waals surface area contributed by atoms with Crippen molar-refractivity contribution < 1.29 is 8.42 Å². The first-order valence-electron chi connectivity index (χ1n) is 7.13. The topological polar surface area (TPSA) is 49.7 Å². The van der Waals surface area contributed by atoms with E-state index in [2.05, 4.69) is 36.3 Å². The molecule has 0 spiro atoms. The first-order chi connectivity index (χ1) is 10.4. The van der Waals surface area contributed by atoms with Gasteiger partial charge in [0.2, 0.25) is 0 Å². The van der Waals surface area contributed by atoms with Crippen molar-refractivity contribution in [3.63, 3.8) is 0 Å². The molecule has 0 aromatic heterocycles. The van der Waals surface area contributed by atoms with Crippen LogP contribution in [0.5, 0.6) is 0 Å². The fraction of sp³-hybridized carbons (Fsp3) is 0.235. The Hall–Kier alpha value is -2.14. The highest BCUT2D eigenvalue weighted by Crippen LogP contribution is 2.33. The van der Waals surface area contributed by atoms with Crippen LogP contribution in [0.2, 0.25) is 0 Å². The normalized spacial score (nSPS) is 17.9. The van der Waals surface area contributed by atoms with E-state index < -0.39 is 9.84 Å². The Morgan fingerprint density at radius 3 is 2.27 bits per heavy atom. The molecule has 2 aromatic rings. The van der Waals surface area contributed by atoms with E-state index in [0.717, 1.165) is 12.1 Å². The molecule has 0 fully saturated rings. The van der Waals surface area contributed by atoms with E-state index in [1.54, 1.807) is 24.3 Å². The molecule has 1 heterocycles. The first-order valence-corrected chi connectivity index (χ1v) is 9.03. The highest BCUT2D eigenvalue weighted by Gasteiger charge is 2.24. The lowest BCUT2D eigenvalue weighted by molar-refractivity contribution is 0.602. The number of nitrogens with zero attached hydrogens (tertiary/aromatic N) is 2. The smallest absolute Gasteiger partial charge is 0.175 e. The molecule has 114 valence electrons. The monoisotopic (exact) mass is 314 g/mol. The van der Waals surface area contributed by atoms with Gasteiger partial charge in [0.25, 0.3) is 0 Å². The van der Waals surface area contributed by atoms with Gasteiger partial charge in [-0.2, -0.15) is 5.10 Å². The summed E-state index contributed by atoms with van der Waals surface area (Å²) in [6.07, 6.45) is 3.96. The summed E-state index contributed by atoms with van der Waals surface area (Å²) in [5.41, 5.74) is 3.33. The number of hydrogen-bond acceptors (Lipinski definition) is 4. The summed E-state index contributed by atoms with van der Waals surface area (Å²) in [6.45, 7) is 2.07. The van der Waals surface area contributed by atoms with Crippen LogP contribution in [0.25, 0.3) is 0 Å². The quantitative estimate of drug-likeness (QED) is 0.873. The number of hydrazone groups is 1. The standard InChI is InChI=1S/C17H18N2O2S/c1-13-3-5-14(6-4-13)17-11-12-18-19(17)15-7-9-16(10-8-15)22(2,20)21/h3-10,12,17H,11H2,1-2H3. The molecular weight excluding hydrogens is 296 g/mol. The van der Waals surface area contributed by atoms with Crippen molar-refractivity contribution in [2.45, 2.75) is 24.3 Å². The third-order valence-electron chi connectivity index (χ3n) is 3.82. The predicted molar refractivity (Wildman–Crippen MR) is 89.1 cm³/mol. The van der Waals surface area contributed by atoms with Gasteiger partial charge >= 0.3 is 0 Å². The van der Waals surface area contributed by atoms with E-state index in [1.807, 2.05) is 11.2 Å². The Morgan fingerprint density at radius 1 is 1.05 bits per heavy atom. The molecule has 0 saturated carbocycles. The summed E-state index contributed by atoms with van der Waals surface area (Å²) in [5, 5.41) is 6.38. The van der Waals surface area contributed by atoms with E-state index >= 15 is 0 Å². The van der Waals surface area contributed by atoms with Crippen molar-refractivity contribution in [1.29, 1.82) is 0 Å². The Kier molecular flexibility index (Phi) is 3.74. The van der Waals surface area contributed by atoms with Crippen LogP contribution < -0.4 is 5.01 Å². The molecule has 1 aliphatic heterocycles. The number of benzene rings is 2. The fourth-order valence-electron chi connectivity index (χ4n) is 2.57. The summed E-state index contributed by atoms with van der Waals surface area (Å²) in [5.74, 6) is 0. The number of aryl methyl sites for hydroxylation is 1. The first kappa shape index (κ1) is 14.8. The average molecular weight is 314 g/mol. The minimum atomic E-state index is -3.17. The maximum Gasteiger partial charge on any atom is 0.175 e. The molecule has 0 saturated heterocycles. The molecule has 0 bridgehead atoms. The number of hydrogen-bond donors (Lipinski definition) is 0. The summed E-state index contributed by atoms with van der Waals surface area (Å²) < 4.78 is 23.1. The average Bonchev–Trinajstić information content (AvgIpc) is 2.97. The van der Waals surface area contributed by atoms with Gasteiger partial charge in [0.15, 0.2) is 9.84 Å². The van der Waals surface area contributed by atoms with Crippen molar-refractivity contribution in [2.75, 3.05) is 11.3 Å². The van der Waals surface area contributed by atoms with Crippen LogP contribution in [0, 0.1) is 6.92 Å². The van der Waals surface area contributed by atoms with Gasteiger partial charge in [-0.25, -0.2) is 8.42 Å². The van der Waals surface area contributed by atoms with E-state index in [9.17, 15) is 8.42 Å². The second-order valence-corrected chi connectivity index (χ2v) is 7.59. The van der Waals surface area contributed by atoms with Gasteiger partial charge in [-0.15, -0.1) is 0 Å². The van der Waals surface area contributed by atoms with Gasteiger partial charge in [-0.1, -0.05) is 29.8 Å². The highest BCUT2D eigenvalue weighted by atomic mass is 32.2. The number of anilines is 1. The molecule has 2 aromatic carbocycles. The van der Waals surface area contributed by atoms with Gasteiger partial charge < -0.3 is 0 Å². The third-order valence-corrected chi connectivity index (χ3v) is 4.95. The van der Waals surface area contributed by atoms with E-state index in [0.29, 0.717) is 4.90 Å². The molecule has 3 rings (SSSR count). The van der Waals surface area contributed by atoms with Crippen LogP contribution >= 0.6 is 0 Å². The van der Waals surface area contributed by atoms with Crippen LogP contribution in [-0.2, 0) is 9.84 Å². The maximum atomic E-state index is 11.5. The molecule has 1 unspecified atom stereocenters. The van der Waals surface area contributed by atoms with Crippen molar-refractivity contribution in [3.8, 4) is 0 Å². The number of rotatable bonds is 3. The van der Waals surface area contributed by atoms with E-state index in [4.69, 9.17) is 0 Å². The second kappa shape index (κ2) is 5.57. The molecule has 0 aliphatic carbocycles. The molecule has 4 nitrogen and oxygen atoms in total. The predicted octanol–water partition coefficient (Wildman–Crippen LogP) is 3.34. The van der Waals surface area contributed by atoms with Crippen LogP contribution in [0.4, 0.5) is 5.69 Å². The summed E-state index contributed by atoms with van der Waals surface area (Å²) in [6, 6.07) is 15.5. The fourth-order valence-corrected chi connectivity index (χ4v) is 3.20. The van der Waals surface area contributed by atoms with Gasteiger partial charge in [-0.3, -0.25) is 5.01 Å². The largest absolute Gasteiger partial charge is 0.258 e. The van der Waals surface area contributed by atoms with Crippen molar-refractivity contribution in [2.24, 2.45) is 5.10 Å². The van der Waals surface area contributed by atoms with Gasteiger partial charge in [0.1, 0.15) is 0 Å². The van der Waals surface area contributed by atoms with Crippen molar-refractivity contribution in [3.05, 3.63) is 59.7 Å². The zero-order valence-electron chi connectivity index (χ0n) is 12.6. The molecule has 0 radical (unpaired) electrons. The lowest BCUT2D eigenvalue weighted by atomic mass is 10.0. The number of sulfone groups is 1. The van der Waals surface area contributed by atoms with Crippen LogP contribution in [0.15, 0.2) is 58.5 Å². The molecule has 0 N–H and O–H groups in total. The van der Waals surface area contributed by atoms with Crippen LogP contribution in [-0.4, -0.2) is 20.9 Å². The summed E-state index contributed by atoms with van der Waals surface area (Å²) >= 11 is 0. The molecular formula is C17H18N2O2S. The second-order valence-electron chi connectivity index (χ2n) is 5.57. The third kappa shape index (κ3) is 2.90. The Labute approximate surface area is 131 Å². The molecule has 0 amide bonds. The van der Waals surface area contributed by atoms with Crippen molar-refractivity contribution >= 4 is 21.7 Å². The molecule has 22 heavy (non-hydrogen) atoms. The zero-order valence-corrected chi connectivity index (χ0v) is 13.4. The maximum absolute atomic E-state index is 11.5. The minimum Gasteiger partial charge on any atom is -0.258 e. The Bertz CT molecular complexity index is 794. The van der Waals surface area contributed by atoms with E-state index in [1.165, 1.54) is 17.4 Å². The molecule has 1 aliphatic rings. The Balaban J connectivity index is 1.90. The minimum absolute atomic E-state index is 0.157. The summed E-state index contributed by atoms with van der Waals surface area (Å²) in [4.78, 5) is 0.325. The molecule has 1 atom stereocenters. The highest BCUT2D eigenvalue weighted by molar-refractivity contribution is 7.90. The van der Waals surface area contributed by atoms with Gasteiger partial charge in [0, 0.05) is 18.9 Å². The zero-order chi connectivity index (χ0) is 15.7. The SMILES string of the molecule is Cc1ccc(C2CC=NN2c2ccc(S(C)(=O)=O)cc2)cc1. The van der Waals surface area contributed by atoms with Gasteiger partial charge in [-0.05, 0) is 36.8 Å².